The van der Waals surface area contributed by atoms with Crippen molar-refractivity contribution in [2.75, 3.05) is 19.7 Å². The number of halogens is 1. The summed E-state index contributed by atoms with van der Waals surface area (Å²) >= 11 is 0. The van der Waals surface area contributed by atoms with E-state index in [2.05, 4.69) is 5.32 Å². The van der Waals surface area contributed by atoms with Gasteiger partial charge in [-0.15, -0.1) is 0 Å². The van der Waals surface area contributed by atoms with Gasteiger partial charge in [-0.1, -0.05) is 18.2 Å². The molecule has 30 heavy (non-hydrogen) atoms. The molecule has 1 aromatic carbocycles. The van der Waals surface area contributed by atoms with Crippen LogP contribution < -0.4 is 10.9 Å². The molecule has 5 rings (SSSR count). The SMILES string of the molecule is O=C([C@H]1N[C@H]2c3ccc(-c4ccccc4F)c(=O)n3C[C@H]2[C@@H]1CO)N1CCCCC1. The second-order valence-electron chi connectivity index (χ2n) is 8.59. The van der Waals surface area contributed by atoms with Gasteiger partial charge in [-0.05, 0) is 37.5 Å². The third-order valence-corrected chi connectivity index (χ3v) is 6.99. The van der Waals surface area contributed by atoms with Crippen LogP contribution in [0.1, 0.15) is 31.0 Å². The second kappa shape index (κ2) is 7.63. The maximum absolute atomic E-state index is 14.2. The van der Waals surface area contributed by atoms with Crippen molar-refractivity contribution in [3.8, 4) is 11.1 Å². The molecular weight excluding hydrogens is 385 g/mol. The quantitative estimate of drug-likeness (QED) is 0.809. The van der Waals surface area contributed by atoms with Crippen LogP contribution in [0.3, 0.4) is 0 Å². The highest BCUT2D eigenvalue weighted by Crippen LogP contribution is 2.43. The summed E-state index contributed by atoms with van der Waals surface area (Å²) in [4.78, 5) is 28.1. The fraction of sp³-hybridized carbons (Fsp3) is 0.478. The number of nitrogens with zero attached hydrogens (tertiary/aromatic N) is 2. The van der Waals surface area contributed by atoms with Crippen molar-refractivity contribution in [2.45, 2.75) is 37.9 Å². The highest BCUT2D eigenvalue weighted by Gasteiger charge is 2.51. The Morgan fingerprint density at radius 2 is 1.87 bits per heavy atom. The zero-order valence-electron chi connectivity index (χ0n) is 16.8. The van der Waals surface area contributed by atoms with Crippen molar-refractivity contribution in [1.82, 2.24) is 14.8 Å². The summed E-state index contributed by atoms with van der Waals surface area (Å²) in [5.41, 5.74) is 1.19. The van der Waals surface area contributed by atoms with Crippen molar-refractivity contribution in [2.24, 2.45) is 11.8 Å². The number of aliphatic hydroxyl groups excluding tert-OH is 1. The molecule has 2 aromatic rings. The van der Waals surface area contributed by atoms with Crippen LogP contribution in [0.25, 0.3) is 11.1 Å². The maximum atomic E-state index is 14.2. The lowest BCUT2D eigenvalue weighted by Gasteiger charge is -2.31. The van der Waals surface area contributed by atoms with Gasteiger partial charge in [0.05, 0.1) is 17.6 Å². The molecule has 1 amide bonds. The van der Waals surface area contributed by atoms with Gasteiger partial charge in [0.2, 0.25) is 5.91 Å². The van der Waals surface area contributed by atoms with Gasteiger partial charge in [-0.2, -0.15) is 0 Å². The van der Waals surface area contributed by atoms with Gasteiger partial charge in [0.1, 0.15) is 5.82 Å². The standard InChI is InChI=1S/C23H26FN3O3/c24-18-7-3-2-6-14(18)15-8-9-19-20-16(12-27(19)22(15)29)17(13-28)21(25-20)23(30)26-10-4-1-5-11-26/h2-3,6-9,16-17,20-21,25,28H,1,4-5,10-13H2/t16-,17-,20+,21-/m0/s1. The summed E-state index contributed by atoms with van der Waals surface area (Å²) in [5.74, 6) is -0.662. The van der Waals surface area contributed by atoms with E-state index in [4.69, 9.17) is 0 Å². The van der Waals surface area contributed by atoms with E-state index >= 15 is 0 Å². The molecule has 7 heteroatoms. The summed E-state index contributed by atoms with van der Waals surface area (Å²) in [7, 11) is 0. The van der Waals surface area contributed by atoms with Crippen molar-refractivity contribution in [3.05, 3.63) is 58.3 Å². The number of hydrogen-bond donors (Lipinski definition) is 2. The largest absolute Gasteiger partial charge is 0.396 e. The molecule has 2 N–H and O–H groups in total. The molecule has 0 radical (unpaired) electrons. The lowest BCUT2D eigenvalue weighted by molar-refractivity contribution is -0.135. The van der Waals surface area contributed by atoms with Gasteiger partial charge in [0, 0.05) is 49.3 Å². The Morgan fingerprint density at radius 3 is 2.60 bits per heavy atom. The van der Waals surface area contributed by atoms with Gasteiger partial charge in [-0.3, -0.25) is 14.9 Å². The fourth-order valence-electron chi connectivity index (χ4n) is 5.43. The van der Waals surface area contributed by atoms with E-state index in [0.29, 0.717) is 17.7 Å². The average molecular weight is 411 g/mol. The van der Waals surface area contributed by atoms with E-state index < -0.39 is 11.9 Å². The molecule has 158 valence electrons. The second-order valence-corrected chi connectivity index (χ2v) is 8.59. The number of aromatic nitrogens is 1. The number of amides is 1. The molecule has 0 spiro atoms. The minimum atomic E-state index is -0.432. The molecule has 3 aliphatic heterocycles. The van der Waals surface area contributed by atoms with Crippen LogP contribution in [0.5, 0.6) is 0 Å². The zero-order valence-corrected chi connectivity index (χ0v) is 16.8. The minimum absolute atomic E-state index is 0.0442. The number of hydrogen-bond acceptors (Lipinski definition) is 4. The van der Waals surface area contributed by atoms with Crippen LogP contribution in [0, 0.1) is 17.7 Å². The number of rotatable bonds is 3. The third kappa shape index (κ3) is 2.99. The number of likely N-dealkylation sites (tertiary alicyclic amines) is 1. The van der Waals surface area contributed by atoms with Crippen LogP contribution in [0.15, 0.2) is 41.2 Å². The highest BCUT2D eigenvalue weighted by molar-refractivity contribution is 5.83. The van der Waals surface area contributed by atoms with Gasteiger partial charge in [0.15, 0.2) is 0 Å². The molecule has 4 atom stereocenters. The van der Waals surface area contributed by atoms with E-state index in [1.807, 2.05) is 11.0 Å². The van der Waals surface area contributed by atoms with Crippen LogP contribution in [-0.4, -0.2) is 46.2 Å². The van der Waals surface area contributed by atoms with Gasteiger partial charge < -0.3 is 14.6 Å². The van der Waals surface area contributed by atoms with Crippen molar-refractivity contribution in [3.63, 3.8) is 0 Å². The fourth-order valence-corrected chi connectivity index (χ4v) is 5.43. The molecule has 3 aliphatic rings. The van der Waals surface area contributed by atoms with E-state index in [1.54, 1.807) is 28.8 Å². The average Bonchev–Trinajstić information content (AvgIpc) is 3.31. The molecule has 0 saturated carbocycles. The monoisotopic (exact) mass is 411 g/mol. The summed E-state index contributed by atoms with van der Waals surface area (Å²) in [6, 6.07) is 9.20. The molecular formula is C23H26FN3O3. The summed E-state index contributed by atoms with van der Waals surface area (Å²) in [6.07, 6.45) is 3.19. The van der Waals surface area contributed by atoms with E-state index in [-0.39, 0.29) is 36.0 Å². The molecule has 0 unspecified atom stereocenters. The number of aliphatic hydroxyl groups is 1. The number of benzene rings is 1. The van der Waals surface area contributed by atoms with Crippen LogP contribution >= 0.6 is 0 Å². The highest BCUT2D eigenvalue weighted by atomic mass is 19.1. The molecule has 0 bridgehead atoms. The van der Waals surface area contributed by atoms with Crippen LogP contribution in [-0.2, 0) is 11.3 Å². The molecule has 1 aromatic heterocycles. The summed E-state index contributed by atoms with van der Waals surface area (Å²) < 4.78 is 15.9. The maximum Gasteiger partial charge on any atom is 0.258 e. The first-order valence-corrected chi connectivity index (χ1v) is 10.7. The van der Waals surface area contributed by atoms with Crippen LogP contribution in [0.4, 0.5) is 4.39 Å². The van der Waals surface area contributed by atoms with E-state index in [9.17, 15) is 19.1 Å². The first kappa shape index (κ1) is 19.5. The number of pyridine rings is 1. The minimum Gasteiger partial charge on any atom is -0.396 e. The van der Waals surface area contributed by atoms with Gasteiger partial charge >= 0.3 is 0 Å². The van der Waals surface area contributed by atoms with E-state index in [1.165, 1.54) is 6.07 Å². The first-order valence-electron chi connectivity index (χ1n) is 10.7. The van der Waals surface area contributed by atoms with Crippen molar-refractivity contribution >= 4 is 5.91 Å². The lowest BCUT2D eigenvalue weighted by Crippen LogP contribution is -2.49. The number of piperidine rings is 1. The Balaban J connectivity index is 1.46. The summed E-state index contributed by atoms with van der Waals surface area (Å²) in [5, 5.41) is 13.5. The topological polar surface area (TPSA) is 74.6 Å². The first-order chi connectivity index (χ1) is 14.6. The molecule has 4 heterocycles. The third-order valence-electron chi connectivity index (χ3n) is 6.99. The number of nitrogens with one attached hydrogen (secondary N) is 1. The molecule has 2 fully saturated rings. The number of carbonyl (C=O) groups is 1. The Kier molecular flexibility index (Phi) is 4.95. The number of carbonyl (C=O) groups excluding carboxylic acids is 1. The van der Waals surface area contributed by atoms with E-state index in [0.717, 1.165) is 38.0 Å². The Bertz CT molecular complexity index is 1030. The Labute approximate surface area is 174 Å². The molecule has 2 saturated heterocycles. The van der Waals surface area contributed by atoms with Crippen molar-refractivity contribution < 1.29 is 14.3 Å². The predicted octanol–water partition coefficient (Wildman–Crippen LogP) is 1.92. The molecule has 0 aliphatic carbocycles. The van der Waals surface area contributed by atoms with Crippen molar-refractivity contribution in [1.29, 1.82) is 0 Å². The lowest BCUT2D eigenvalue weighted by atomic mass is 9.88. The Morgan fingerprint density at radius 1 is 1.10 bits per heavy atom. The van der Waals surface area contributed by atoms with Gasteiger partial charge in [0.25, 0.3) is 5.56 Å². The normalized spacial score (nSPS) is 27.7. The summed E-state index contributed by atoms with van der Waals surface area (Å²) in [6.45, 7) is 1.85. The smallest absolute Gasteiger partial charge is 0.258 e. The zero-order chi connectivity index (χ0) is 20.8. The predicted molar refractivity (Wildman–Crippen MR) is 110 cm³/mol. The Hall–Kier alpha value is -2.51. The number of fused-ring (bicyclic) bond motifs is 3. The van der Waals surface area contributed by atoms with Crippen LogP contribution in [0.2, 0.25) is 0 Å². The van der Waals surface area contributed by atoms with Gasteiger partial charge in [-0.25, -0.2) is 4.39 Å². The molecule has 6 nitrogen and oxygen atoms in total.